The molecule has 2 aliphatic rings. The molecule has 5 rings (SSSR count). The third kappa shape index (κ3) is 3.69. The average Bonchev–Trinajstić information content (AvgIpc) is 3.28. The zero-order chi connectivity index (χ0) is 20.3. The number of hydrogen-bond donors (Lipinski definition) is 1. The van der Waals surface area contributed by atoms with E-state index >= 15 is 0 Å². The Morgan fingerprint density at radius 3 is 2.63 bits per heavy atom. The lowest BCUT2D eigenvalue weighted by Gasteiger charge is -2.29. The number of rotatable bonds is 4. The molecule has 1 fully saturated rings. The molecule has 0 bridgehead atoms. The molecule has 0 saturated carbocycles. The number of amidine groups is 1. The summed E-state index contributed by atoms with van der Waals surface area (Å²) in [6.07, 6.45) is 0. The van der Waals surface area contributed by atoms with Crippen molar-refractivity contribution in [3.05, 3.63) is 76.0 Å². The van der Waals surface area contributed by atoms with Gasteiger partial charge in [-0.1, -0.05) is 18.2 Å². The van der Waals surface area contributed by atoms with Gasteiger partial charge in [-0.2, -0.15) is 5.10 Å². The number of nitrogens with zero attached hydrogens (tertiary/aromatic N) is 3. The second-order valence-electron chi connectivity index (χ2n) is 7.04. The summed E-state index contributed by atoms with van der Waals surface area (Å²) in [5.41, 5.74) is 8.04. The Morgan fingerprint density at radius 1 is 1.07 bits per heavy atom. The summed E-state index contributed by atoms with van der Waals surface area (Å²) in [4.78, 5) is 8.24. The molecule has 1 aromatic heterocycles. The quantitative estimate of drug-likeness (QED) is 0.695. The largest absolute Gasteiger partial charge is 0.497 e. The van der Waals surface area contributed by atoms with Gasteiger partial charge < -0.3 is 14.4 Å². The predicted molar refractivity (Wildman–Crippen MR) is 122 cm³/mol. The maximum absolute atomic E-state index is 5.46. The van der Waals surface area contributed by atoms with E-state index in [9.17, 15) is 0 Å². The normalized spacial score (nSPS) is 16.1. The van der Waals surface area contributed by atoms with Gasteiger partial charge in [0.2, 0.25) is 0 Å². The molecule has 0 amide bonds. The average molecular weight is 419 g/mol. The first-order valence-corrected chi connectivity index (χ1v) is 10.8. The summed E-state index contributed by atoms with van der Waals surface area (Å²) in [5, 5.41) is 6.78. The molecule has 3 aromatic rings. The third-order valence-corrected chi connectivity index (χ3v) is 6.11. The van der Waals surface area contributed by atoms with Crippen molar-refractivity contribution >= 4 is 34.3 Å². The van der Waals surface area contributed by atoms with Crippen molar-refractivity contribution in [2.75, 3.05) is 38.3 Å². The lowest BCUT2D eigenvalue weighted by Crippen LogP contribution is -2.36. The van der Waals surface area contributed by atoms with Crippen LogP contribution in [0.4, 0.5) is 11.4 Å². The number of aliphatic imine (C=N–C) groups is 1. The molecule has 3 heterocycles. The van der Waals surface area contributed by atoms with Gasteiger partial charge in [0.25, 0.3) is 0 Å². The molecule has 0 atom stereocenters. The second-order valence-corrected chi connectivity index (χ2v) is 7.99. The van der Waals surface area contributed by atoms with Crippen LogP contribution >= 0.6 is 11.3 Å². The molecule has 7 heteroatoms. The molecule has 0 aliphatic carbocycles. The monoisotopic (exact) mass is 418 g/mol. The van der Waals surface area contributed by atoms with Gasteiger partial charge in [0.15, 0.2) is 5.84 Å². The Kier molecular flexibility index (Phi) is 5.21. The van der Waals surface area contributed by atoms with Gasteiger partial charge in [0.05, 0.1) is 30.9 Å². The molecule has 152 valence electrons. The Labute approximate surface area is 179 Å². The Bertz CT molecular complexity index is 1080. The number of morpholine rings is 1. The summed E-state index contributed by atoms with van der Waals surface area (Å²) in [6.45, 7) is 3.38. The SMILES string of the molecule is COc1ccc2c(c1)C(c1ccc(N3CCOCC3)cc1)=NNC(c1cccs1)=N2. The first-order chi connectivity index (χ1) is 14.8. The number of anilines is 1. The van der Waals surface area contributed by atoms with Crippen molar-refractivity contribution in [2.45, 2.75) is 0 Å². The minimum absolute atomic E-state index is 0.747. The highest BCUT2D eigenvalue weighted by molar-refractivity contribution is 7.12. The summed E-state index contributed by atoms with van der Waals surface area (Å²) in [5.74, 6) is 1.53. The van der Waals surface area contributed by atoms with Gasteiger partial charge in [-0.3, -0.25) is 5.43 Å². The van der Waals surface area contributed by atoms with Crippen molar-refractivity contribution < 1.29 is 9.47 Å². The van der Waals surface area contributed by atoms with Crippen LogP contribution in [0.15, 0.2) is 70.1 Å². The maximum Gasteiger partial charge on any atom is 0.164 e. The molecule has 0 radical (unpaired) electrons. The van der Waals surface area contributed by atoms with E-state index < -0.39 is 0 Å². The van der Waals surface area contributed by atoms with E-state index in [0.717, 1.165) is 65.3 Å². The second kappa shape index (κ2) is 8.30. The van der Waals surface area contributed by atoms with Crippen molar-refractivity contribution in [2.24, 2.45) is 10.1 Å². The lowest BCUT2D eigenvalue weighted by molar-refractivity contribution is 0.122. The predicted octanol–water partition coefficient (Wildman–Crippen LogP) is 4.03. The number of nitrogens with one attached hydrogen (secondary N) is 1. The zero-order valence-electron chi connectivity index (χ0n) is 16.7. The Balaban J connectivity index is 1.53. The number of hydrogen-bond acceptors (Lipinski definition) is 7. The summed E-state index contributed by atoms with van der Waals surface area (Å²) >= 11 is 1.63. The summed E-state index contributed by atoms with van der Waals surface area (Å²) in [6, 6.07) is 18.5. The van der Waals surface area contributed by atoms with Crippen LogP contribution in [0.1, 0.15) is 16.0 Å². The van der Waals surface area contributed by atoms with E-state index in [1.807, 2.05) is 35.7 Å². The van der Waals surface area contributed by atoms with Crippen molar-refractivity contribution in [3.63, 3.8) is 0 Å². The highest BCUT2D eigenvalue weighted by Crippen LogP contribution is 2.30. The van der Waals surface area contributed by atoms with Crippen LogP contribution in [-0.2, 0) is 4.74 Å². The number of fused-ring (bicyclic) bond motifs is 1. The van der Waals surface area contributed by atoms with E-state index in [1.165, 1.54) is 5.69 Å². The topological polar surface area (TPSA) is 58.5 Å². The number of thiophene rings is 1. The van der Waals surface area contributed by atoms with Crippen LogP contribution in [-0.4, -0.2) is 45.0 Å². The number of benzene rings is 2. The van der Waals surface area contributed by atoms with E-state index in [2.05, 4.69) is 34.6 Å². The molecule has 2 aliphatic heterocycles. The van der Waals surface area contributed by atoms with E-state index in [1.54, 1.807) is 18.4 Å². The Morgan fingerprint density at radius 2 is 1.90 bits per heavy atom. The molecule has 6 nitrogen and oxygen atoms in total. The first kappa shape index (κ1) is 18.8. The highest BCUT2D eigenvalue weighted by Gasteiger charge is 2.19. The van der Waals surface area contributed by atoms with Crippen LogP contribution in [0.5, 0.6) is 5.75 Å². The summed E-state index contributed by atoms with van der Waals surface area (Å²) < 4.78 is 10.9. The van der Waals surface area contributed by atoms with Crippen molar-refractivity contribution in [1.82, 2.24) is 5.43 Å². The van der Waals surface area contributed by atoms with Crippen molar-refractivity contribution in [3.8, 4) is 5.75 Å². The number of methoxy groups -OCH3 is 1. The van der Waals surface area contributed by atoms with Gasteiger partial charge in [0.1, 0.15) is 11.5 Å². The molecular weight excluding hydrogens is 396 g/mol. The minimum atomic E-state index is 0.747. The first-order valence-electron chi connectivity index (χ1n) is 9.89. The molecular formula is C23H22N4O2S. The van der Waals surface area contributed by atoms with Crippen LogP contribution in [0.3, 0.4) is 0 Å². The van der Waals surface area contributed by atoms with Gasteiger partial charge >= 0.3 is 0 Å². The third-order valence-electron chi connectivity index (χ3n) is 5.24. The highest BCUT2D eigenvalue weighted by atomic mass is 32.1. The van der Waals surface area contributed by atoms with E-state index in [0.29, 0.717) is 0 Å². The maximum atomic E-state index is 5.46. The Hall–Kier alpha value is -3.16. The van der Waals surface area contributed by atoms with Gasteiger partial charge in [-0.15, -0.1) is 11.3 Å². The standard InChI is InChI=1S/C23H22N4O2S/c1-28-18-8-9-20-19(15-18)22(25-26-23(24-20)21-3-2-14-30-21)16-4-6-17(7-5-16)27-10-12-29-13-11-27/h2-9,14-15H,10-13H2,1H3,(H,24,26). The molecule has 30 heavy (non-hydrogen) atoms. The fourth-order valence-electron chi connectivity index (χ4n) is 3.64. The minimum Gasteiger partial charge on any atom is -0.497 e. The zero-order valence-corrected chi connectivity index (χ0v) is 17.5. The fourth-order valence-corrected chi connectivity index (χ4v) is 4.30. The van der Waals surface area contributed by atoms with Gasteiger partial charge in [0, 0.05) is 29.9 Å². The number of hydrazone groups is 1. The molecule has 1 saturated heterocycles. The molecule has 1 N–H and O–H groups in total. The van der Waals surface area contributed by atoms with Crippen LogP contribution in [0.2, 0.25) is 0 Å². The van der Waals surface area contributed by atoms with Gasteiger partial charge in [-0.05, 0) is 41.8 Å². The van der Waals surface area contributed by atoms with Gasteiger partial charge in [-0.25, -0.2) is 4.99 Å². The molecule has 2 aromatic carbocycles. The molecule has 0 unspecified atom stereocenters. The van der Waals surface area contributed by atoms with Crippen LogP contribution in [0.25, 0.3) is 0 Å². The summed E-state index contributed by atoms with van der Waals surface area (Å²) in [7, 11) is 1.67. The fraction of sp³-hybridized carbons (Fsp3) is 0.217. The molecule has 0 spiro atoms. The van der Waals surface area contributed by atoms with Crippen LogP contribution in [0, 0.1) is 0 Å². The van der Waals surface area contributed by atoms with Crippen LogP contribution < -0.4 is 15.1 Å². The van der Waals surface area contributed by atoms with E-state index in [4.69, 9.17) is 19.6 Å². The lowest BCUT2D eigenvalue weighted by atomic mass is 10.00. The van der Waals surface area contributed by atoms with E-state index in [-0.39, 0.29) is 0 Å². The van der Waals surface area contributed by atoms with Crippen molar-refractivity contribution in [1.29, 1.82) is 0 Å². The number of ether oxygens (including phenoxy) is 2. The smallest absolute Gasteiger partial charge is 0.164 e.